The van der Waals surface area contributed by atoms with E-state index in [0.29, 0.717) is 26.1 Å². The van der Waals surface area contributed by atoms with Gasteiger partial charge in [0.2, 0.25) is 5.91 Å². The maximum Gasteiger partial charge on any atom is 0.240 e. The molecule has 0 aliphatic carbocycles. The fourth-order valence-electron chi connectivity index (χ4n) is 2.49. The summed E-state index contributed by atoms with van der Waals surface area (Å²) in [4.78, 5) is 12.4. The van der Waals surface area contributed by atoms with Crippen LogP contribution >= 0.6 is 0 Å². The van der Waals surface area contributed by atoms with E-state index in [1.165, 1.54) is 0 Å². The van der Waals surface area contributed by atoms with E-state index in [4.69, 9.17) is 15.2 Å². The Morgan fingerprint density at radius 2 is 1.82 bits per heavy atom. The van der Waals surface area contributed by atoms with Gasteiger partial charge in [0.05, 0.1) is 17.7 Å². The Morgan fingerprint density at radius 1 is 1.23 bits per heavy atom. The predicted molar refractivity (Wildman–Crippen MR) is 85.7 cm³/mol. The fraction of sp³-hybridized carbons (Fsp3) is 0.588. The van der Waals surface area contributed by atoms with Crippen molar-refractivity contribution in [2.75, 3.05) is 13.2 Å². The highest BCUT2D eigenvalue weighted by Crippen LogP contribution is 2.22. The predicted octanol–water partition coefficient (Wildman–Crippen LogP) is 2.16. The summed E-state index contributed by atoms with van der Waals surface area (Å²) < 4.78 is 10.9. The molecule has 3 N–H and O–H groups in total. The van der Waals surface area contributed by atoms with Gasteiger partial charge in [-0.15, -0.1) is 0 Å². The number of carbonyl (C=O) groups is 1. The van der Waals surface area contributed by atoms with E-state index in [1.807, 2.05) is 45.0 Å². The molecule has 1 aliphatic rings. The largest absolute Gasteiger partial charge is 0.491 e. The van der Waals surface area contributed by atoms with Crippen LogP contribution in [0.1, 0.15) is 45.2 Å². The molecule has 1 amide bonds. The van der Waals surface area contributed by atoms with Crippen LogP contribution in [0.4, 0.5) is 0 Å². The molecule has 0 radical (unpaired) electrons. The number of rotatable bonds is 5. The zero-order chi connectivity index (χ0) is 16.2. The molecular weight excluding hydrogens is 280 g/mol. The summed E-state index contributed by atoms with van der Waals surface area (Å²) in [5.41, 5.74) is 6.41. The van der Waals surface area contributed by atoms with E-state index in [-0.39, 0.29) is 18.1 Å². The Bertz CT molecular complexity index is 493. The Morgan fingerprint density at radius 3 is 2.36 bits per heavy atom. The number of ether oxygens (including phenoxy) is 2. The highest BCUT2D eigenvalue weighted by Gasteiger charge is 2.36. The van der Waals surface area contributed by atoms with Crippen molar-refractivity contribution in [2.45, 2.75) is 51.3 Å². The minimum absolute atomic E-state index is 0.0936. The molecule has 5 nitrogen and oxygen atoms in total. The lowest BCUT2D eigenvalue weighted by Crippen LogP contribution is -2.57. The van der Waals surface area contributed by atoms with Gasteiger partial charge in [-0.1, -0.05) is 12.1 Å². The van der Waals surface area contributed by atoms with Crippen molar-refractivity contribution in [1.29, 1.82) is 0 Å². The summed E-state index contributed by atoms with van der Waals surface area (Å²) in [6.07, 6.45) is 1.27. The van der Waals surface area contributed by atoms with Crippen LogP contribution in [-0.4, -0.2) is 30.8 Å². The van der Waals surface area contributed by atoms with Crippen LogP contribution in [0.15, 0.2) is 24.3 Å². The van der Waals surface area contributed by atoms with Gasteiger partial charge >= 0.3 is 0 Å². The third-order valence-corrected chi connectivity index (χ3v) is 3.94. The summed E-state index contributed by atoms with van der Waals surface area (Å²) in [5.74, 6) is 0.725. The molecule has 1 heterocycles. The highest BCUT2D eigenvalue weighted by atomic mass is 16.5. The summed E-state index contributed by atoms with van der Waals surface area (Å²) in [7, 11) is 0. The topological polar surface area (TPSA) is 73.6 Å². The summed E-state index contributed by atoms with van der Waals surface area (Å²) in [6.45, 7) is 7.02. The second-order valence-corrected chi connectivity index (χ2v) is 6.20. The van der Waals surface area contributed by atoms with Crippen molar-refractivity contribution >= 4 is 5.91 Å². The number of nitrogens with one attached hydrogen (secondary N) is 1. The number of hydrogen-bond donors (Lipinski definition) is 2. The van der Waals surface area contributed by atoms with Gasteiger partial charge in [-0.2, -0.15) is 0 Å². The first-order chi connectivity index (χ1) is 10.4. The van der Waals surface area contributed by atoms with Crippen LogP contribution in [0, 0.1) is 0 Å². The summed E-state index contributed by atoms with van der Waals surface area (Å²) in [5, 5.41) is 3.01. The molecule has 0 aromatic heterocycles. The molecule has 0 bridgehead atoms. The van der Waals surface area contributed by atoms with Crippen molar-refractivity contribution in [3.05, 3.63) is 29.8 Å². The van der Waals surface area contributed by atoms with Crippen LogP contribution in [-0.2, 0) is 9.53 Å². The maximum absolute atomic E-state index is 12.4. The van der Waals surface area contributed by atoms with E-state index in [2.05, 4.69) is 5.32 Å². The molecule has 0 saturated carbocycles. The minimum Gasteiger partial charge on any atom is -0.491 e. The molecule has 1 aromatic carbocycles. The van der Waals surface area contributed by atoms with E-state index < -0.39 is 5.54 Å². The van der Waals surface area contributed by atoms with Crippen molar-refractivity contribution in [3.63, 3.8) is 0 Å². The standard InChI is InChI=1S/C17H26N2O3/c1-12(2)22-15-6-4-14(5-7-15)13(3)19-16(20)17(18)8-10-21-11-9-17/h4-7,12-13H,8-11,18H2,1-3H3,(H,19,20). The van der Waals surface area contributed by atoms with E-state index in [1.54, 1.807) is 0 Å². The molecule has 2 rings (SSSR count). The van der Waals surface area contributed by atoms with Gasteiger partial charge in [0, 0.05) is 13.2 Å². The van der Waals surface area contributed by atoms with Crippen molar-refractivity contribution < 1.29 is 14.3 Å². The van der Waals surface area contributed by atoms with Gasteiger partial charge in [-0.25, -0.2) is 0 Å². The lowest BCUT2D eigenvalue weighted by molar-refractivity contribution is -0.130. The minimum atomic E-state index is -0.812. The molecule has 0 spiro atoms. The average Bonchev–Trinajstić information content (AvgIpc) is 2.48. The van der Waals surface area contributed by atoms with Gasteiger partial charge in [0.1, 0.15) is 5.75 Å². The number of hydrogen-bond acceptors (Lipinski definition) is 4. The van der Waals surface area contributed by atoms with Crippen LogP contribution < -0.4 is 15.8 Å². The van der Waals surface area contributed by atoms with Crippen LogP contribution in [0.5, 0.6) is 5.75 Å². The SMILES string of the molecule is CC(C)Oc1ccc(C(C)NC(=O)C2(N)CCOCC2)cc1. The lowest BCUT2D eigenvalue weighted by Gasteiger charge is -2.33. The molecule has 1 aliphatic heterocycles. The van der Waals surface area contributed by atoms with Crippen molar-refractivity contribution in [3.8, 4) is 5.75 Å². The first-order valence-corrected chi connectivity index (χ1v) is 7.85. The Balaban J connectivity index is 1.96. The summed E-state index contributed by atoms with van der Waals surface area (Å²) in [6, 6.07) is 7.69. The molecule has 5 heteroatoms. The number of nitrogens with two attached hydrogens (primary N) is 1. The monoisotopic (exact) mass is 306 g/mol. The Hall–Kier alpha value is -1.59. The van der Waals surface area contributed by atoms with Gasteiger partial charge < -0.3 is 20.5 Å². The first-order valence-electron chi connectivity index (χ1n) is 7.85. The normalized spacial score (nSPS) is 18.8. The van der Waals surface area contributed by atoms with Crippen molar-refractivity contribution in [2.24, 2.45) is 5.73 Å². The third kappa shape index (κ3) is 4.21. The third-order valence-electron chi connectivity index (χ3n) is 3.94. The molecule has 1 atom stereocenters. The number of amides is 1. The molecule has 1 unspecified atom stereocenters. The zero-order valence-electron chi connectivity index (χ0n) is 13.6. The highest BCUT2D eigenvalue weighted by molar-refractivity contribution is 5.86. The number of benzene rings is 1. The van der Waals surface area contributed by atoms with Crippen LogP contribution in [0.25, 0.3) is 0 Å². The molecule has 122 valence electrons. The zero-order valence-corrected chi connectivity index (χ0v) is 13.6. The first kappa shape index (κ1) is 16.8. The summed E-state index contributed by atoms with van der Waals surface area (Å²) >= 11 is 0. The quantitative estimate of drug-likeness (QED) is 0.874. The van der Waals surface area contributed by atoms with Gasteiger partial charge in [0.25, 0.3) is 0 Å². The Labute approximate surface area is 132 Å². The second-order valence-electron chi connectivity index (χ2n) is 6.20. The van der Waals surface area contributed by atoms with Gasteiger partial charge in [0.15, 0.2) is 0 Å². The molecule has 22 heavy (non-hydrogen) atoms. The maximum atomic E-state index is 12.4. The van der Waals surface area contributed by atoms with Crippen LogP contribution in [0.3, 0.4) is 0 Å². The molecule has 1 aromatic rings. The Kier molecular flexibility index (Phi) is 5.42. The van der Waals surface area contributed by atoms with Crippen molar-refractivity contribution in [1.82, 2.24) is 5.32 Å². The van der Waals surface area contributed by atoms with Gasteiger partial charge in [-0.3, -0.25) is 4.79 Å². The molecule has 1 saturated heterocycles. The fourth-order valence-corrected chi connectivity index (χ4v) is 2.49. The van der Waals surface area contributed by atoms with E-state index in [9.17, 15) is 4.79 Å². The van der Waals surface area contributed by atoms with E-state index in [0.717, 1.165) is 11.3 Å². The molecular formula is C17H26N2O3. The lowest BCUT2D eigenvalue weighted by atomic mass is 9.90. The average molecular weight is 306 g/mol. The smallest absolute Gasteiger partial charge is 0.240 e. The molecule has 1 fully saturated rings. The van der Waals surface area contributed by atoms with E-state index >= 15 is 0 Å². The van der Waals surface area contributed by atoms with Gasteiger partial charge in [-0.05, 0) is 51.3 Å². The second kappa shape index (κ2) is 7.11. The van der Waals surface area contributed by atoms with Crippen LogP contribution in [0.2, 0.25) is 0 Å². The number of carbonyl (C=O) groups excluding carboxylic acids is 1.